The van der Waals surface area contributed by atoms with Crippen LogP contribution in [0.1, 0.15) is 44.5 Å². The highest BCUT2D eigenvalue weighted by Crippen LogP contribution is 2.64. The molecule has 4 heterocycles. The van der Waals surface area contributed by atoms with E-state index < -0.39 is 10.8 Å². The summed E-state index contributed by atoms with van der Waals surface area (Å²) in [4.78, 5) is 23.0. The van der Waals surface area contributed by atoms with E-state index >= 15 is 0 Å². The van der Waals surface area contributed by atoms with Gasteiger partial charge in [-0.25, -0.2) is 19.9 Å². The second-order valence-electron chi connectivity index (χ2n) is 36.4. The Morgan fingerprint density at radius 1 is 0.132 bits per heavy atom. The predicted molar refractivity (Wildman–Crippen MR) is 555 cm³/mol. The molecule has 0 fully saturated rings. The molecule has 0 saturated carbocycles. The zero-order chi connectivity index (χ0) is 89.3. The Bertz CT molecular complexity index is 8990. The Morgan fingerprint density at radius 2 is 0.397 bits per heavy atom. The fourth-order valence-corrected chi connectivity index (χ4v) is 23.1. The molecule has 6 nitrogen and oxygen atoms in total. The van der Waals surface area contributed by atoms with Crippen molar-refractivity contribution in [3.05, 3.63) is 518 Å². The van der Waals surface area contributed by atoms with Crippen LogP contribution in [0.5, 0.6) is 0 Å². The summed E-state index contributed by atoms with van der Waals surface area (Å²) in [7, 11) is 0. The first-order valence-corrected chi connectivity index (χ1v) is 46.7. The predicted octanol–water partition coefficient (Wildman–Crippen LogP) is 33.4. The van der Waals surface area contributed by atoms with Gasteiger partial charge in [-0.3, -0.25) is 0 Å². The normalized spacial score (nSPS) is 13.0. The van der Waals surface area contributed by atoms with Gasteiger partial charge in [0.2, 0.25) is 0 Å². The van der Waals surface area contributed by atoms with E-state index in [0.29, 0.717) is 11.6 Å². The first kappa shape index (κ1) is 77.0. The van der Waals surface area contributed by atoms with Gasteiger partial charge in [0.1, 0.15) is 22.3 Å². The summed E-state index contributed by atoms with van der Waals surface area (Å²) < 4.78 is 13.5. The lowest BCUT2D eigenvalue weighted by molar-refractivity contribution is 0.668. The second-order valence-corrected chi connectivity index (χ2v) is 36.4. The molecule has 0 unspecified atom stereocenters. The van der Waals surface area contributed by atoms with E-state index in [9.17, 15) is 0 Å². The van der Waals surface area contributed by atoms with Gasteiger partial charge in [0, 0.05) is 54.9 Å². The maximum absolute atomic E-state index is 7.02. The van der Waals surface area contributed by atoms with Crippen LogP contribution in [0.15, 0.2) is 482 Å². The quantitative estimate of drug-likeness (QED) is 0.128. The van der Waals surface area contributed by atoms with E-state index in [0.717, 1.165) is 178 Å². The molecular weight excluding hydrogens is 1650 g/mol. The minimum absolute atomic E-state index is 0.613. The van der Waals surface area contributed by atoms with E-state index in [1.54, 1.807) is 0 Å². The molecule has 4 aliphatic carbocycles. The van der Waals surface area contributed by atoms with Crippen LogP contribution in [0.25, 0.3) is 234 Å². The largest absolute Gasteiger partial charge is 0.456 e. The number of hydrogen-bond donors (Lipinski definition) is 0. The third-order valence-corrected chi connectivity index (χ3v) is 29.1. The van der Waals surface area contributed by atoms with Crippen molar-refractivity contribution in [1.29, 1.82) is 0 Å². The number of rotatable bonds is 11. The lowest BCUT2D eigenvalue weighted by Gasteiger charge is -2.35. The van der Waals surface area contributed by atoms with Gasteiger partial charge < -0.3 is 8.83 Å². The lowest BCUT2D eigenvalue weighted by Crippen LogP contribution is -2.29. The number of nitrogens with zero attached hydrogens (tertiary/aromatic N) is 4. The summed E-state index contributed by atoms with van der Waals surface area (Å²) >= 11 is 0. The standard InChI is InChI=1S/C130H78N4O2/c1-4-29-79(30-5-1)89-66-90(80-31-6-2-7-32-80)69-93(68-89)121-77-120(132-127(133-121)87-56-61-117-107(74-87)97-39-12-10-37-95(97)99-41-14-21-48-111(99)129(117)113-50-23-16-43-101(113)102-44-17-24-51-114(102)129)86-59-64-125-110(73-86)106-60-55-84(76-126(106)136-125)82-35-28-36-83(65-82)92-67-91(81-33-8-3-9-34-81)70-94(71-92)122-78-119(85-58-63-124-109(72-85)105-47-20-27-54-123(105)135-124)131-128(134-122)88-57-62-118-108(75-88)98-40-13-11-38-96(98)100-42-15-22-49-112(100)130(118)115-52-25-18-45-103(115)104-46-19-26-53-116(104)130/h1-78H. The van der Waals surface area contributed by atoms with Gasteiger partial charge in [-0.15, -0.1) is 0 Å². The van der Waals surface area contributed by atoms with Crippen LogP contribution in [-0.4, -0.2) is 19.9 Å². The molecule has 0 aliphatic heterocycles. The molecule has 6 heteroatoms. The zero-order valence-corrected chi connectivity index (χ0v) is 73.6. The average molecular weight is 1730 g/mol. The fourth-order valence-electron chi connectivity index (χ4n) is 23.1. The third-order valence-electron chi connectivity index (χ3n) is 29.1. The molecule has 630 valence electrons. The van der Waals surface area contributed by atoms with Crippen LogP contribution in [-0.2, 0) is 10.8 Å². The molecule has 2 spiro atoms. The second kappa shape index (κ2) is 30.4. The summed E-state index contributed by atoms with van der Waals surface area (Å²) in [6.07, 6.45) is 0. The molecule has 4 aliphatic rings. The number of furan rings is 2. The van der Waals surface area contributed by atoms with Crippen LogP contribution < -0.4 is 0 Å². The average Bonchev–Trinajstić information content (AvgIpc) is 1.52. The smallest absolute Gasteiger partial charge is 0.160 e. The summed E-state index contributed by atoms with van der Waals surface area (Å²) in [5.74, 6) is 1.23. The maximum Gasteiger partial charge on any atom is 0.160 e. The Morgan fingerprint density at radius 3 is 0.809 bits per heavy atom. The highest BCUT2D eigenvalue weighted by Gasteiger charge is 2.52. The SMILES string of the molecule is c1ccc(-c2cc(-c3cccc(-c4ccc5c(c4)oc4ccc(-c6cc(-c7cc(-c8ccccc8)cc(-c8ccccc8)c7)nc(-c7ccc8c(c7)-c7ccccc7-c7ccccc7C87c8ccccc8-c8ccccc87)n6)cc45)c3)cc(-c3cc(-c4ccc5oc6ccccc6c5c4)nc(-c4ccc5c(c4)-c4ccccc4-c4ccccc4C54c5ccccc5-c5ccccc54)n3)c2)cc1. The van der Waals surface area contributed by atoms with E-state index in [4.69, 9.17) is 28.8 Å². The zero-order valence-electron chi connectivity index (χ0n) is 73.6. The van der Waals surface area contributed by atoms with Gasteiger partial charge in [-0.1, -0.05) is 352 Å². The highest BCUT2D eigenvalue weighted by atomic mass is 16.3. The van der Waals surface area contributed by atoms with E-state index in [2.05, 4.69) is 461 Å². The number of fused-ring (bicyclic) bond motifs is 30. The molecule has 4 aromatic heterocycles. The molecule has 0 radical (unpaired) electrons. The molecule has 0 atom stereocenters. The minimum Gasteiger partial charge on any atom is -0.456 e. The number of hydrogen-bond acceptors (Lipinski definition) is 6. The van der Waals surface area contributed by atoms with E-state index in [1.165, 1.54) is 89.0 Å². The molecule has 0 amide bonds. The minimum atomic E-state index is -0.643. The number of para-hydroxylation sites is 1. The fraction of sp³-hybridized carbons (Fsp3) is 0.0154. The topological polar surface area (TPSA) is 77.8 Å². The van der Waals surface area contributed by atoms with Crippen molar-refractivity contribution < 1.29 is 8.83 Å². The molecule has 24 aromatic rings. The first-order valence-electron chi connectivity index (χ1n) is 46.7. The Kier molecular flexibility index (Phi) is 17.2. The molecule has 136 heavy (non-hydrogen) atoms. The summed E-state index contributed by atoms with van der Waals surface area (Å²) in [6, 6.07) is 173. The van der Waals surface area contributed by atoms with Gasteiger partial charge in [-0.2, -0.15) is 0 Å². The van der Waals surface area contributed by atoms with Crippen molar-refractivity contribution in [1.82, 2.24) is 19.9 Å². The van der Waals surface area contributed by atoms with Gasteiger partial charge >= 0.3 is 0 Å². The van der Waals surface area contributed by atoms with Crippen molar-refractivity contribution in [2.24, 2.45) is 0 Å². The van der Waals surface area contributed by atoms with Gasteiger partial charge in [0.25, 0.3) is 0 Å². The molecule has 0 bridgehead atoms. The number of aromatic nitrogens is 4. The third kappa shape index (κ3) is 11.9. The van der Waals surface area contributed by atoms with E-state index in [-0.39, 0.29) is 0 Å². The Hall–Kier alpha value is -17.8. The van der Waals surface area contributed by atoms with E-state index in [1.807, 2.05) is 12.1 Å². The molecule has 0 saturated heterocycles. The molecule has 20 aromatic carbocycles. The van der Waals surface area contributed by atoms with Gasteiger partial charge in [0.15, 0.2) is 11.6 Å². The van der Waals surface area contributed by atoms with Gasteiger partial charge in [0.05, 0.1) is 33.6 Å². The van der Waals surface area contributed by atoms with Crippen LogP contribution in [0.4, 0.5) is 0 Å². The Balaban J connectivity index is 0.579. The summed E-state index contributed by atoms with van der Waals surface area (Å²) in [5.41, 5.74) is 45.9. The van der Waals surface area contributed by atoms with Crippen molar-refractivity contribution >= 4 is 43.9 Å². The highest BCUT2D eigenvalue weighted by molar-refractivity contribution is 6.09. The monoisotopic (exact) mass is 1730 g/mol. The summed E-state index contributed by atoms with van der Waals surface area (Å²) in [6.45, 7) is 0. The van der Waals surface area contributed by atoms with Crippen LogP contribution in [0, 0.1) is 0 Å². The lowest BCUT2D eigenvalue weighted by atomic mass is 9.66. The number of benzene rings is 20. The molecule has 0 N–H and O–H groups in total. The van der Waals surface area contributed by atoms with Crippen molar-refractivity contribution in [3.8, 4) is 190 Å². The van der Waals surface area contributed by atoms with Gasteiger partial charge in [-0.05, 0) is 288 Å². The molecule has 28 rings (SSSR count). The van der Waals surface area contributed by atoms with Crippen molar-refractivity contribution in [2.75, 3.05) is 0 Å². The van der Waals surface area contributed by atoms with Crippen molar-refractivity contribution in [3.63, 3.8) is 0 Å². The Labute approximate surface area is 785 Å². The molecular formula is C130H78N4O2. The van der Waals surface area contributed by atoms with Crippen LogP contribution in [0.3, 0.4) is 0 Å². The maximum atomic E-state index is 7.02. The summed E-state index contributed by atoms with van der Waals surface area (Å²) in [5, 5.41) is 4.06. The van der Waals surface area contributed by atoms with Crippen LogP contribution >= 0.6 is 0 Å². The van der Waals surface area contributed by atoms with Crippen LogP contribution in [0.2, 0.25) is 0 Å². The first-order chi connectivity index (χ1) is 67.3. The van der Waals surface area contributed by atoms with Crippen molar-refractivity contribution in [2.45, 2.75) is 10.8 Å².